The van der Waals surface area contributed by atoms with Gasteiger partial charge in [0.2, 0.25) is 0 Å². The smallest absolute Gasteiger partial charge is 0.272 e. The fourth-order valence-electron chi connectivity index (χ4n) is 3.18. The van der Waals surface area contributed by atoms with Crippen molar-refractivity contribution in [3.63, 3.8) is 0 Å². The maximum atomic E-state index is 13.8. The lowest BCUT2D eigenvalue weighted by molar-refractivity contribution is 0.0925. The largest absolute Gasteiger partial charge is 0.348 e. The average molecular weight is 373 g/mol. The zero-order chi connectivity index (χ0) is 18.3. The van der Waals surface area contributed by atoms with E-state index in [1.807, 2.05) is 20.0 Å². The number of fused-ring (bicyclic) bond motifs is 1. The highest BCUT2D eigenvalue weighted by Gasteiger charge is 2.24. The molecular formula is C18H20FN5OS. The molecule has 0 unspecified atom stereocenters. The van der Waals surface area contributed by atoms with Crippen molar-refractivity contribution < 1.29 is 9.18 Å². The number of carbonyl (C=O) groups is 1. The second-order valence-electron chi connectivity index (χ2n) is 6.61. The van der Waals surface area contributed by atoms with Gasteiger partial charge in [-0.15, -0.1) is 0 Å². The summed E-state index contributed by atoms with van der Waals surface area (Å²) >= 11 is 1.51. The fourth-order valence-corrected chi connectivity index (χ4v) is 4.22. The fraction of sp³-hybridized carbons (Fsp3) is 0.389. The first-order valence-electron chi connectivity index (χ1n) is 8.63. The Morgan fingerprint density at radius 3 is 2.77 bits per heavy atom. The minimum atomic E-state index is -0.280. The van der Waals surface area contributed by atoms with Crippen LogP contribution in [0.3, 0.4) is 0 Å². The van der Waals surface area contributed by atoms with Gasteiger partial charge in [0.15, 0.2) is 5.13 Å². The van der Waals surface area contributed by atoms with Crippen LogP contribution in [0.5, 0.6) is 0 Å². The number of anilines is 1. The molecule has 2 aromatic heterocycles. The predicted molar refractivity (Wildman–Crippen MR) is 100 cm³/mol. The highest BCUT2D eigenvalue weighted by Crippen LogP contribution is 2.31. The van der Waals surface area contributed by atoms with E-state index in [-0.39, 0.29) is 17.8 Å². The van der Waals surface area contributed by atoms with Crippen LogP contribution in [0.2, 0.25) is 0 Å². The van der Waals surface area contributed by atoms with E-state index in [9.17, 15) is 9.18 Å². The van der Waals surface area contributed by atoms with Crippen LogP contribution < -0.4 is 10.2 Å². The summed E-state index contributed by atoms with van der Waals surface area (Å²) in [6.45, 7) is 3.49. The first kappa shape index (κ1) is 17.0. The molecule has 0 spiro atoms. The summed E-state index contributed by atoms with van der Waals surface area (Å²) in [5, 5.41) is 8.13. The molecule has 0 radical (unpaired) electrons. The number of aryl methyl sites for hydroxylation is 2. The molecule has 3 heterocycles. The van der Waals surface area contributed by atoms with E-state index >= 15 is 0 Å². The van der Waals surface area contributed by atoms with E-state index in [4.69, 9.17) is 0 Å². The SMILES string of the molecule is Cc1cc(C(=O)NC2CCN(c3nc4c(F)cccc4s3)CC2)nn1C. The lowest BCUT2D eigenvalue weighted by Crippen LogP contribution is -2.44. The van der Waals surface area contributed by atoms with Crippen molar-refractivity contribution in [2.75, 3.05) is 18.0 Å². The molecule has 1 aromatic carbocycles. The summed E-state index contributed by atoms with van der Waals surface area (Å²) in [5.41, 5.74) is 1.84. The molecule has 0 atom stereocenters. The van der Waals surface area contributed by atoms with E-state index in [0.717, 1.165) is 41.5 Å². The van der Waals surface area contributed by atoms with Gasteiger partial charge >= 0.3 is 0 Å². The molecule has 1 N–H and O–H groups in total. The Kier molecular flexibility index (Phi) is 4.36. The summed E-state index contributed by atoms with van der Waals surface area (Å²) in [4.78, 5) is 18.9. The van der Waals surface area contributed by atoms with Crippen LogP contribution in [-0.4, -0.2) is 39.8 Å². The van der Waals surface area contributed by atoms with Gasteiger partial charge in [-0.05, 0) is 38.0 Å². The van der Waals surface area contributed by atoms with E-state index < -0.39 is 0 Å². The van der Waals surface area contributed by atoms with Gasteiger partial charge in [-0.3, -0.25) is 9.48 Å². The third-order valence-electron chi connectivity index (χ3n) is 4.81. The van der Waals surface area contributed by atoms with Gasteiger partial charge in [0.25, 0.3) is 5.91 Å². The highest BCUT2D eigenvalue weighted by molar-refractivity contribution is 7.22. The lowest BCUT2D eigenvalue weighted by atomic mass is 10.1. The minimum Gasteiger partial charge on any atom is -0.348 e. The number of hydrogen-bond donors (Lipinski definition) is 1. The second kappa shape index (κ2) is 6.68. The van der Waals surface area contributed by atoms with E-state index in [1.165, 1.54) is 17.4 Å². The minimum absolute atomic E-state index is 0.118. The summed E-state index contributed by atoms with van der Waals surface area (Å²) in [5.74, 6) is -0.410. The molecule has 136 valence electrons. The third kappa shape index (κ3) is 3.16. The summed E-state index contributed by atoms with van der Waals surface area (Å²) in [6, 6.07) is 6.95. The number of amides is 1. The number of rotatable bonds is 3. The molecule has 1 aliphatic rings. The van der Waals surface area contributed by atoms with Crippen molar-refractivity contribution in [2.45, 2.75) is 25.8 Å². The molecule has 0 aliphatic carbocycles. The Balaban J connectivity index is 1.39. The van der Waals surface area contributed by atoms with Gasteiger partial charge in [-0.2, -0.15) is 5.10 Å². The Bertz CT molecular complexity index is 938. The predicted octanol–water partition coefficient (Wildman–Crippen LogP) is 2.88. The van der Waals surface area contributed by atoms with Crippen molar-refractivity contribution in [1.82, 2.24) is 20.1 Å². The number of aromatic nitrogens is 3. The number of hydrogen-bond acceptors (Lipinski definition) is 5. The van der Waals surface area contributed by atoms with Crippen molar-refractivity contribution in [3.05, 3.63) is 41.5 Å². The van der Waals surface area contributed by atoms with Gasteiger partial charge in [-0.25, -0.2) is 9.37 Å². The van der Waals surface area contributed by atoms with Crippen LogP contribution in [0, 0.1) is 12.7 Å². The van der Waals surface area contributed by atoms with Gasteiger partial charge in [0.05, 0.1) is 4.70 Å². The molecule has 1 fully saturated rings. The summed E-state index contributed by atoms with van der Waals surface area (Å²) in [6.07, 6.45) is 1.66. The molecule has 6 nitrogen and oxygen atoms in total. The quantitative estimate of drug-likeness (QED) is 0.767. The number of halogens is 1. The summed E-state index contributed by atoms with van der Waals surface area (Å²) < 4.78 is 16.4. The van der Waals surface area contributed by atoms with Crippen molar-refractivity contribution >= 4 is 32.6 Å². The molecule has 26 heavy (non-hydrogen) atoms. The number of nitrogens with zero attached hydrogens (tertiary/aromatic N) is 4. The number of thiazole rings is 1. The molecule has 1 amide bonds. The number of piperidine rings is 1. The normalized spacial score (nSPS) is 15.6. The maximum Gasteiger partial charge on any atom is 0.272 e. The first-order chi connectivity index (χ1) is 12.5. The van der Waals surface area contributed by atoms with Crippen molar-refractivity contribution in [1.29, 1.82) is 0 Å². The Labute approximate surface area is 154 Å². The van der Waals surface area contributed by atoms with E-state index in [2.05, 4.69) is 20.3 Å². The van der Waals surface area contributed by atoms with E-state index in [1.54, 1.807) is 16.8 Å². The molecule has 8 heteroatoms. The number of carbonyl (C=O) groups excluding carboxylic acids is 1. The molecule has 0 bridgehead atoms. The number of para-hydroxylation sites is 1. The Morgan fingerprint density at radius 2 is 2.12 bits per heavy atom. The average Bonchev–Trinajstić information content (AvgIpc) is 3.20. The zero-order valence-corrected chi connectivity index (χ0v) is 15.5. The van der Waals surface area contributed by atoms with Crippen LogP contribution in [0.1, 0.15) is 29.0 Å². The van der Waals surface area contributed by atoms with Gasteiger partial charge in [0, 0.05) is 31.9 Å². The van der Waals surface area contributed by atoms with Crippen molar-refractivity contribution in [2.24, 2.45) is 7.05 Å². The number of nitrogens with one attached hydrogen (secondary N) is 1. The van der Waals surface area contributed by atoms with Crippen LogP contribution in [0.4, 0.5) is 9.52 Å². The van der Waals surface area contributed by atoms with Crippen LogP contribution >= 0.6 is 11.3 Å². The first-order valence-corrected chi connectivity index (χ1v) is 9.44. The molecule has 1 saturated heterocycles. The van der Waals surface area contributed by atoms with Gasteiger partial charge in [-0.1, -0.05) is 17.4 Å². The van der Waals surface area contributed by atoms with E-state index in [0.29, 0.717) is 11.2 Å². The molecule has 3 aromatic rings. The molecular weight excluding hydrogens is 353 g/mol. The van der Waals surface area contributed by atoms with Crippen LogP contribution in [0.15, 0.2) is 24.3 Å². The van der Waals surface area contributed by atoms with Crippen molar-refractivity contribution in [3.8, 4) is 0 Å². The van der Waals surface area contributed by atoms with Gasteiger partial charge in [0.1, 0.15) is 17.0 Å². The monoisotopic (exact) mass is 373 g/mol. The zero-order valence-electron chi connectivity index (χ0n) is 14.7. The highest BCUT2D eigenvalue weighted by atomic mass is 32.1. The standard InChI is InChI=1S/C18H20FN5OS/c1-11-10-14(22-23(11)2)17(25)20-12-6-8-24(9-7-12)18-21-16-13(19)4-3-5-15(16)26-18/h3-5,10,12H,6-9H2,1-2H3,(H,20,25). The Morgan fingerprint density at radius 1 is 1.35 bits per heavy atom. The molecule has 0 saturated carbocycles. The second-order valence-corrected chi connectivity index (χ2v) is 7.62. The molecule has 4 rings (SSSR count). The topological polar surface area (TPSA) is 63.1 Å². The molecule has 1 aliphatic heterocycles. The van der Waals surface area contributed by atoms with Crippen LogP contribution in [-0.2, 0) is 7.05 Å². The number of benzene rings is 1. The lowest BCUT2D eigenvalue weighted by Gasteiger charge is -2.31. The maximum absolute atomic E-state index is 13.8. The Hall–Kier alpha value is -2.48. The third-order valence-corrected chi connectivity index (χ3v) is 5.89. The summed E-state index contributed by atoms with van der Waals surface area (Å²) in [7, 11) is 1.82. The van der Waals surface area contributed by atoms with Gasteiger partial charge < -0.3 is 10.2 Å². The van der Waals surface area contributed by atoms with Crippen LogP contribution in [0.25, 0.3) is 10.2 Å².